The summed E-state index contributed by atoms with van der Waals surface area (Å²) < 4.78 is 81.3. The topological polar surface area (TPSA) is 65.3 Å². The van der Waals surface area contributed by atoms with E-state index in [1.54, 1.807) is 0 Å². The minimum absolute atomic E-state index is 0.248. The van der Waals surface area contributed by atoms with E-state index < -0.39 is 52.4 Å². The highest BCUT2D eigenvalue weighted by molar-refractivity contribution is 6.06. The first-order chi connectivity index (χ1) is 13.5. The highest BCUT2D eigenvalue weighted by atomic mass is 19.4. The normalized spacial score (nSPS) is 12.8. The largest absolute Gasteiger partial charge is 0.429 e. The van der Waals surface area contributed by atoms with Crippen molar-refractivity contribution in [1.29, 1.82) is 5.41 Å². The molecule has 0 fully saturated rings. The van der Waals surface area contributed by atoms with Crippen molar-refractivity contribution in [3.8, 4) is 0 Å². The molecule has 0 aliphatic rings. The maximum Gasteiger partial charge on any atom is 0.429 e. The number of rotatable bonds is 5. The first-order valence-electron chi connectivity index (χ1n) is 8.11. The zero-order valence-electron chi connectivity index (χ0n) is 15.2. The number of aliphatic imine (C=N–C) groups is 1. The van der Waals surface area contributed by atoms with Gasteiger partial charge in [-0.05, 0) is 24.6 Å². The Morgan fingerprint density at radius 1 is 1.14 bits per heavy atom. The molecule has 29 heavy (non-hydrogen) atoms. The number of carbonyl (C=O) groups is 1. The number of carbonyl (C=O) groups excluding carboxylic acids is 1. The summed E-state index contributed by atoms with van der Waals surface area (Å²) >= 11 is 0. The quantitative estimate of drug-likeness (QED) is 0.522. The number of alkyl halides is 3. The van der Waals surface area contributed by atoms with Gasteiger partial charge >= 0.3 is 6.18 Å². The molecule has 0 bridgehead atoms. The van der Waals surface area contributed by atoms with Gasteiger partial charge in [-0.1, -0.05) is 18.2 Å². The van der Waals surface area contributed by atoms with Crippen molar-refractivity contribution in [2.75, 3.05) is 12.4 Å². The predicted molar refractivity (Wildman–Crippen MR) is 96.4 cm³/mol. The van der Waals surface area contributed by atoms with Gasteiger partial charge in [0, 0.05) is 18.8 Å². The second kappa shape index (κ2) is 8.46. The molecule has 0 aliphatic carbocycles. The van der Waals surface area contributed by atoms with Crippen molar-refractivity contribution in [1.82, 2.24) is 0 Å². The molecule has 2 N–H and O–H groups in total. The lowest BCUT2D eigenvalue weighted by Crippen LogP contribution is -2.30. The third-order valence-corrected chi connectivity index (χ3v) is 4.06. The smallest absolute Gasteiger partial charge is 0.319 e. The molecular weight excluding hydrogens is 400 g/mol. The number of amides is 1. The van der Waals surface area contributed by atoms with Crippen LogP contribution in [0.15, 0.2) is 35.3 Å². The second-order valence-electron chi connectivity index (χ2n) is 6.01. The molecule has 1 amide bonds. The maximum absolute atomic E-state index is 14.5. The van der Waals surface area contributed by atoms with Crippen LogP contribution in [-0.2, 0) is 0 Å². The number of hydrogen-bond acceptors (Lipinski definition) is 3. The van der Waals surface area contributed by atoms with E-state index in [0.717, 1.165) is 25.2 Å². The van der Waals surface area contributed by atoms with Crippen molar-refractivity contribution in [2.24, 2.45) is 4.99 Å². The highest BCUT2D eigenvalue weighted by Crippen LogP contribution is 2.31. The van der Waals surface area contributed by atoms with Gasteiger partial charge in [0.2, 0.25) is 0 Å². The Bertz CT molecular complexity index is 964. The summed E-state index contributed by atoms with van der Waals surface area (Å²) in [4.78, 5) is 15.6. The molecule has 2 aromatic rings. The van der Waals surface area contributed by atoms with Gasteiger partial charge in [-0.2, -0.15) is 13.2 Å². The van der Waals surface area contributed by atoms with Crippen LogP contribution in [0.1, 0.15) is 27.4 Å². The van der Waals surface area contributed by atoms with E-state index in [1.165, 1.54) is 19.1 Å². The van der Waals surface area contributed by atoms with E-state index in [9.17, 15) is 31.1 Å². The van der Waals surface area contributed by atoms with E-state index in [1.807, 2.05) is 5.32 Å². The van der Waals surface area contributed by atoms with Crippen LogP contribution < -0.4 is 5.32 Å². The van der Waals surface area contributed by atoms with Gasteiger partial charge < -0.3 is 5.32 Å². The zero-order chi connectivity index (χ0) is 21.9. The molecule has 2 aromatic carbocycles. The molecule has 10 heteroatoms. The Morgan fingerprint density at radius 2 is 1.79 bits per heavy atom. The van der Waals surface area contributed by atoms with Gasteiger partial charge in [0.1, 0.15) is 11.5 Å². The summed E-state index contributed by atoms with van der Waals surface area (Å²) in [6.07, 6.45) is -4.42. The second-order valence-corrected chi connectivity index (χ2v) is 6.01. The van der Waals surface area contributed by atoms with Crippen LogP contribution in [0.3, 0.4) is 0 Å². The van der Waals surface area contributed by atoms with Crippen LogP contribution >= 0.6 is 0 Å². The van der Waals surface area contributed by atoms with E-state index in [-0.39, 0.29) is 11.1 Å². The van der Waals surface area contributed by atoms with Crippen LogP contribution in [-0.4, -0.2) is 31.1 Å². The lowest BCUT2D eigenvalue weighted by molar-refractivity contribution is -0.0612. The predicted octanol–water partition coefficient (Wildman–Crippen LogP) is 5.03. The molecule has 154 valence electrons. The number of hydrogen-bond donors (Lipinski definition) is 2. The average Bonchev–Trinajstić information content (AvgIpc) is 2.63. The van der Waals surface area contributed by atoms with Crippen LogP contribution in [0, 0.1) is 29.8 Å². The summed E-state index contributed by atoms with van der Waals surface area (Å²) in [5, 5.41) is 9.22. The van der Waals surface area contributed by atoms with Gasteiger partial charge in [0.05, 0.1) is 17.2 Å². The Morgan fingerprint density at radius 3 is 2.34 bits per heavy atom. The molecule has 1 unspecified atom stereocenters. The molecule has 0 radical (unpaired) electrons. The van der Waals surface area contributed by atoms with E-state index in [2.05, 4.69) is 4.99 Å². The summed E-state index contributed by atoms with van der Waals surface area (Å²) in [6, 6.07) is 5.45. The fourth-order valence-electron chi connectivity index (χ4n) is 2.64. The Hall–Kier alpha value is -3.17. The zero-order valence-corrected chi connectivity index (χ0v) is 15.2. The summed E-state index contributed by atoms with van der Waals surface area (Å²) in [7, 11) is 1.12. The van der Waals surface area contributed by atoms with E-state index in [4.69, 9.17) is 5.41 Å². The lowest BCUT2D eigenvalue weighted by Gasteiger charge is -2.18. The molecule has 0 spiro atoms. The van der Waals surface area contributed by atoms with Gasteiger partial charge in [-0.25, -0.2) is 13.2 Å². The van der Waals surface area contributed by atoms with Crippen molar-refractivity contribution in [3.63, 3.8) is 0 Å². The van der Waals surface area contributed by atoms with Crippen molar-refractivity contribution in [3.05, 3.63) is 64.5 Å². The molecule has 2 rings (SSSR count). The number of aryl methyl sites for hydroxylation is 1. The monoisotopic (exact) mass is 415 g/mol. The molecular formula is C19H15F6N3O. The van der Waals surface area contributed by atoms with Gasteiger partial charge in [-0.15, -0.1) is 0 Å². The molecule has 0 saturated carbocycles. The van der Waals surface area contributed by atoms with Gasteiger partial charge in [-0.3, -0.25) is 15.2 Å². The molecule has 1 atom stereocenters. The van der Waals surface area contributed by atoms with Gasteiger partial charge in [0.25, 0.3) is 5.91 Å². The fraction of sp³-hybridized carbons (Fsp3) is 0.211. The minimum atomic E-state index is -5.08. The third-order valence-electron chi connectivity index (χ3n) is 4.06. The summed E-state index contributed by atoms with van der Waals surface area (Å²) in [5.74, 6) is -7.24. The highest BCUT2D eigenvalue weighted by Gasteiger charge is 2.40. The first kappa shape index (κ1) is 22.1. The SMILES string of the molecule is CN=CC(C(=N)C(F)(F)F)c1ccc(NC(=O)c2c(C)cccc2F)c(F)c1F. The molecule has 0 aliphatic heterocycles. The van der Waals surface area contributed by atoms with Gasteiger partial charge in [0.15, 0.2) is 11.6 Å². The van der Waals surface area contributed by atoms with Crippen molar-refractivity contribution >= 4 is 23.5 Å². The Balaban J connectivity index is 2.43. The molecule has 4 nitrogen and oxygen atoms in total. The summed E-state index contributed by atoms with van der Waals surface area (Å²) in [6.45, 7) is 1.44. The minimum Gasteiger partial charge on any atom is -0.319 e. The summed E-state index contributed by atoms with van der Waals surface area (Å²) in [5.41, 5.74) is -3.44. The number of benzene rings is 2. The average molecular weight is 415 g/mol. The fourth-order valence-corrected chi connectivity index (χ4v) is 2.64. The first-order valence-corrected chi connectivity index (χ1v) is 8.11. The maximum atomic E-state index is 14.5. The molecule has 0 saturated heterocycles. The number of nitrogens with one attached hydrogen (secondary N) is 2. The van der Waals surface area contributed by atoms with Crippen LogP contribution in [0.2, 0.25) is 0 Å². The molecule has 0 aromatic heterocycles. The van der Waals surface area contributed by atoms with Crippen LogP contribution in [0.25, 0.3) is 0 Å². The van der Waals surface area contributed by atoms with Crippen LogP contribution in [0.4, 0.5) is 32.0 Å². The van der Waals surface area contributed by atoms with Crippen molar-refractivity contribution < 1.29 is 31.1 Å². The number of halogens is 6. The number of anilines is 1. The third kappa shape index (κ3) is 4.64. The van der Waals surface area contributed by atoms with Crippen LogP contribution in [0.5, 0.6) is 0 Å². The standard InChI is InChI=1S/C19H15F6N3O/c1-9-4-3-5-12(20)14(9)18(29)28-13-7-6-10(15(21)16(13)22)11(8-27-2)17(26)19(23,24)25/h3-8,11,26H,1-2H3,(H,28,29). The van der Waals surface area contributed by atoms with E-state index in [0.29, 0.717) is 6.21 Å². The Kier molecular flexibility index (Phi) is 6.45. The van der Waals surface area contributed by atoms with E-state index >= 15 is 0 Å². The number of nitrogens with zero attached hydrogens (tertiary/aromatic N) is 1. The Labute approximate surface area is 161 Å². The lowest BCUT2D eigenvalue weighted by atomic mass is 9.93. The van der Waals surface area contributed by atoms with Crippen molar-refractivity contribution in [2.45, 2.75) is 19.0 Å². The molecule has 0 heterocycles.